The Kier molecular flexibility index (Phi) is 3.57. The third kappa shape index (κ3) is 2.58. The van der Waals surface area contributed by atoms with Crippen LogP contribution in [-0.4, -0.2) is 48.0 Å². The quantitative estimate of drug-likeness (QED) is 0.739. The summed E-state index contributed by atoms with van der Waals surface area (Å²) >= 11 is 0. The Morgan fingerprint density at radius 2 is 2.12 bits per heavy atom. The van der Waals surface area contributed by atoms with E-state index in [4.69, 9.17) is 4.74 Å². The molecule has 3 atom stereocenters. The van der Waals surface area contributed by atoms with Gasteiger partial charge in [-0.05, 0) is 31.6 Å². The molecule has 1 saturated carbocycles. The van der Waals surface area contributed by atoms with Crippen molar-refractivity contribution in [2.45, 2.75) is 58.3 Å². The van der Waals surface area contributed by atoms with E-state index in [-0.39, 0.29) is 6.10 Å². The second kappa shape index (κ2) is 4.63. The molecule has 0 aromatic heterocycles. The normalized spacial score (nSPS) is 40.9. The zero-order valence-electron chi connectivity index (χ0n) is 10.8. The van der Waals surface area contributed by atoms with Crippen LogP contribution in [0.15, 0.2) is 0 Å². The van der Waals surface area contributed by atoms with Crippen LogP contribution < -0.4 is 0 Å². The molecular formula is C13H25NO2. The van der Waals surface area contributed by atoms with Crippen LogP contribution in [-0.2, 0) is 4.74 Å². The lowest BCUT2D eigenvalue weighted by Gasteiger charge is -2.48. The van der Waals surface area contributed by atoms with E-state index in [1.165, 1.54) is 0 Å². The van der Waals surface area contributed by atoms with Crippen molar-refractivity contribution < 1.29 is 9.84 Å². The molecule has 3 nitrogen and oxygen atoms in total. The lowest BCUT2D eigenvalue weighted by Crippen LogP contribution is -2.55. The topological polar surface area (TPSA) is 32.7 Å². The van der Waals surface area contributed by atoms with Gasteiger partial charge in [-0.2, -0.15) is 0 Å². The Morgan fingerprint density at radius 1 is 1.38 bits per heavy atom. The number of nitrogens with zero attached hydrogens (tertiary/aromatic N) is 1. The van der Waals surface area contributed by atoms with Crippen molar-refractivity contribution in [3.63, 3.8) is 0 Å². The zero-order valence-corrected chi connectivity index (χ0v) is 10.8. The van der Waals surface area contributed by atoms with E-state index in [1.807, 2.05) is 0 Å². The van der Waals surface area contributed by atoms with Gasteiger partial charge in [0.05, 0.1) is 18.8 Å². The molecule has 0 radical (unpaired) electrons. The molecule has 2 aliphatic rings. The number of hydrogen-bond donors (Lipinski definition) is 1. The SMILES string of the molecule is CC1CN(C2CC(O)CCC2(C)C)CCO1. The van der Waals surface area contributed by atoms with Gasteiger partial charge < -0.3 is 9.84 Å². The summed E-state index contributed by atoms with van der Waals surface area (Å²) in [5.41, 5.74) is 0.330. The van der Waals surface area contributed by atoms with Crippen molar-refractivity contribution in [1.82, 2.24) is 4.90 Å². The highest BCUT2D eigenvalue weighted by molar-refractivity contribution is 4.93. The zero-order chi connectivity index (χ0) is 11.8. The highest BCUT2D eigenvalue weighted by Crippen LogP contribution is 2.39. The minimum Gasteiger partial charge on any atom is -0.393 e. The molecule has 1 heterocycles. The van der Waals surface area contributed by atoms with E-state index >= 15 is 0 Å². The average Bonchev–Trinajstić information content (AvgIpc) is 2.22. The molecule has 2 fully saturated rings. The molecule has 0 aromatic carbocycles. The fourth-order valence-corrected chi connectivity index (χ4v) is 3.17. The Bertz CT molecular complexity index is 242. The summed E-state index contributed by atoms with van der Waals surface area (Å²) in [5.74, 6) is 0. The molecule has 1 aliphatic carbocycles. The monoisotopic (exact) mass is 227 g/mol. The van der Waals surface area contributed by atoms with E-state index in [0.29, 0.717) is 17.6 Å². The molecular weight excluding hydrogens is 202 g/mol. The van der Waals surface area contributed by atoms with Gasteiger partial charge in [0.2, 0.25) is 0 Å². The van der Waals surface area contributed by atoms with Crippen molar-refractivity contribution in [2.75, 3.05) is 19.7 Å². The van der Waals surface area contributed by atoms with Crippen molar-refractivity contribution in [3.05, 3.63) is 0 Å². The van der Waals surface area contributed by atoms with Crippen LogP contribution in [0.1, 0.15) is 40.0 Å². The second-order valence-corrected chi connectivity index (χ2v) is 6.11. The smallest absolute Gasteiger partial charge is 0.0674 e. The van der Waals surface area contributed by atoms with E-state index in [0.717, 1.165) is 39.0 Å². The van der Waals surface area contributed by atoms with Gasteiger partial charge in [0, 0.05) is 19.1 Å². The largest absolute Gasteiger partial charge is 0.393 e. The second-order valence-electron chi connectivity index (χ2n) is 6.11. The summed E-state index contributed by atoms with van der Waals surface area (Å²) in [6.45, 7) is 9.68. The van der Waals surface area contributed by atoms with Gasteiger partial charge in [-0.3, -0.25) is 4.90 Å². The molecule has 3 heteroatoms. The number of ether oxygens (including phenoxy) is 1. The first-order valence-electron chi connectivity index (χ1n) is 6.53. The van der Waals surface area contributed by atoms with Crippen molar-refractivity contribution in [3.8, 4) is 0 Å². The van der Waals surface area contributed by atoms with Crippen molar-refractivity contribution in [2.24, 2.45) is 5.41 Å². The number of aliphatic hydroxyl groups excluding tert-OH is 1. The Labute approximate surface area is 98.8 Å². The molecule has 2 rings (SSSR count). The molecule has 0 aromatic rings. The molecule has 1 N–H and O–H groups in total. The molecule has 16 heavy (non-hydrogen) atoms. The fraction of sp³-hybridized carbons (Fsp3) is 1.00. The summed E-state index contributed by atoms with van der Waals surface area (Å²) in [4.78, 5) is 2.52. The predicted octanol–water partition coefficient (Wildman–Crippen LogP) is 1.65. The number of hydrogen-bond acceptors (Lipinski definition) is 3. The van der Waals surface area contributed by atoms with Crippen LogP contribution in [0, 0.1) is 5.41 Å². The third-order valence-electron chi connectivity index (χ3n) is 4.23. The van der Waals surface area contributed by atoms with Gasteiger partial charge in [-0.15, -0.1) is 0 Å². The van der Waals surface area contributed by atoms with E-state index in [1.54, 1.807) is 0 Å². The third-order valence-corrected chi connectivity index (χ3v) is 4.23. The maximum absolute atomic E-state index is 9.85. The maximum atomic E-state index is 9.85. The first kappa shape index (κ1) is 12.3. The Morgan fingerprint density at radius 3 is 2.81 bits per heavy atom. The van der Waals surface area contributed by atoms with Crippen LogP contribution in [0.3, 0.4) is 0 Å². The van der Waals surface area contributed by atoms with Gasteiger partial charge in [0.25, 0.3) is 0 Å². The summed E-state index contributed by atoms with van der Waals surface area (Å²) < 4.78 is 5.59. The number of aliphatic hydroxyl groups is 1. The average molecular weight is 227 g/mol. The first-order valence-corrected chi connectivity index (χ1v) is 6.53. The lowest BCUT2D eigenvalue weighted by molar-refractivity contribution is -0.0801. The van der Waals surface area contributed by atoms with E-state index in [9.17, 15) is 5.11 Å². The van der Waals surface area contributed by atoms with Crippen LogP contribution in [0.25, 0.3) is 0 Å². The van der Waals surface area contributed by atoms with E-state index < -0.39 is 0 Å². The predicted molar refractivity (Wildman–Crippen MR) is 64.4 cm³/mol. The van der Waals surface area contributed by atoms with E-state index in [2.05, 4.69) is 25.7 Å². The molecule has 3 unspecified atom stereocenters. The lowest BCUT2D eigenvalue weighted by atomic mass is 9.71. The molecule has 0 spiro atoms. The summed E-state index contributed by atoms with van der Waals surface area (Å²) in [6.07, 6.45) is 3.26. The van der Waals surface area contributed by atoms with Gasteiger partial charge in [-0.25, -0.2) is 0 Å². The van der Waals surface area contributed by atoms with Crippen LogP contribution in [0.2, 0.25) is 0 Å². The number of morpholine rings is 1. The summed E-state index contributed by atoms with van der Waals surface area (Å²) in [5, 5.41) is 9.85. The van der Waals surface area contributed by atoms with Crippen LogP contribution >= 0.6 is 0 Å². The minimum atomic E-state index is -0.101. The Hall–Kier alpha value is -0.120. The van der Waals surface area contributed by atoms with Gasteiger partial charge >= 0.3 is 0 Å². The summed E-state index contributed by atoms with van der Waals surface area (Å²) in [7, 11) is 0. The Balaban J connectivity index is 2.04. The molecule has 0 bridgehead atoms. The minimum absolute atomic E-state index is 0.101. The van der Waals surface area contributed by atoms with Crippen molar-refractivity contribution >= 4 is 0 Å². The fourth-order valence-electron chi connectivity index (χ4n) is 3.17. The molecule has 94 valence electrons. The van der Waals surface area contributed by atoms with Crippen molar-refractivity contribution in [1.29, 1.82) is 0 Å². The van der Waals surface area contributed by atoms with Gasteiger partial charge in [0.15, 0.2) is 0 Å². The standard InChI is InChI=1S/C13H25NO2/c1-10-9-14(6-7-16-10)12-8-11(15)4-5-13(12,2)3/h10-12,15H,4-9H2,1-3H3. The maximum Gasteiger partial charge on any atom is 0.0674 e. The van der Waals surface area contributed by atoms with Crippen LogP contribution in [0.4, 0.5) is 0 Å². The highest BCUT2D eigenvalue weighted by atomic mass is 16.5. The molecule has 1 saturated heterocycles. The van der Waals surface area contributed by atoms with Gasteiger partial charge in [-0.1, -0.05) is 13.8 Å². The summed E-state index contributed by atoms with van der Waals surface area (Å²) in [6, 6.07) is 0.516. The van der Waals surface area contributed by atoms with Crippen LogP contribution in [0.5, 0.6) is 0 Å². The number of rotatable bonds is 1. The van der Waals surface area contributed by atoms with Gasteiger partial charge in [0.1, 0.15) is 0 Å². The highest BCUT2D eigenvalue weighted by Gasteiger charge is 2.40. The molecule has 1 aliphatic heterocycles. The first-order chi connectivity index (χ1) is 7.49. The molecule has 0 amide bonds.